The number of hydrogen-bond donors (Lipinski definition) is 1. The van der Waals surface area contributed by atoms with E-state index in [1.165, 1.54) is 0 Å². The normalized spacial score (nSPS) is 12.1. The van der Waals surface area contributed by atoms with Crippen molar-refractivity contribution >= 4 is 46.2 Å². The third-order valence-corrected chi connectivity index (χ3v) is 2.98. The summed E-state index contributed by atoms with van der Waals surface area (Å²) < 4.78 is 0. The molecule has 0 aliphatic carbocycles. The van der Waals surface area contributed by atoms with Gasteiger partial charge < -0.3 is 5.11 Å². The number of non-ortho nitro benzene ring substituents is 1. The summed E-state index contributed by atoms with van der Waals surface area (Å²) in [4.78, 5) is 30.3. The van der Waals surface area contributed by atoms with Gasteiger partial charge in [0.05, 0.1) is 27.5 Å². The van der Waals surface area contributed by atoms with E-state index in [9.17, 15) is 25.0 Å². The van der Waals surface area contributed by atoms with Crippen molar-refractivity contribution in [3.05, 3.63) is 48.5 Å². The van der Waals surface area contributed by atoms with E-state index < -0.39 is 38.8 Å². The quantitative estimate of drug-likeness (QED) is 0.360. The minimum Gasteiger partial charge on any atom is -0.477 e. The Morgan fingerprint density at radius 1 is 1.23 bits per heavy atom. The monoisotopic (exact) mass is 348 g/mol. The molecule has 0 unspecified atom stereocenters. The maximum Gasteiger partial charge on any atom is 0.348 e. The Morgan fingerprint density at radius 3 is 2.36 bits per heavy atom. The summed E-state index contributed by atoms with van der Waals surface area (Å²) in [6, 6.07) is 2.79. The molecule has 116 valence electrons. The second-order valence-corrected chi connectivity index (χ2v) is 4.45. The van der Waals surface area contributed by atoms with Crippen LogP contribution in [0, 0.1) is 20.2 Å². The van der Waals surface area contributed by atoms with Crippen LogP contribution >= 0.6 is 23.2 Å². The third kappa shape index (κ3) is 4.46. The van der Waals surface area contributed by atoms with E-state index in [1.807, 2.05) is 0 Å². The van der Waals surface area contributed by atoms with E-state index in [-0.39, 0.29) is 10.7 Å². The minimum atomic E-state index is -1.46. The van der Waals surface area contributed by atoms with Gasteiger partial charge in [-0.3, -0.25) is 20.2 Å². The van der Waals surface area contributed by atoms with Crippen LogP contribution in [0.1, 0.15) is 0 Å². The van der Waals surface area contributed by atoms with E-state index in [1.54, 1.807) is 0 Å². The van der Waals surface area contributed by atoms with Crippen LogP contribution in [0.3, 0.4) is 0 Å². The minimum absolute atomic E-state index is 0.244. The lowest BCUT2D eigenvalue weighted by atomic mass is 10.2. The summed E-state index contributed by atoms with van der Waals surface area (Å²) in [6.45, 7) is -0.416. The molecule has 0 heterocycles. The van der Waals surface area contributed by atoms with Crippen LogP contribution in [0.5, 0.6) is 0 Å². The van der Waals surface area contributed by atoms with E-state index >= 15 is 0 Å². The Bertz CT molecular complexity index is 703. The van der Waals surface area contributed by atoms with Crippen LogP contribution in [0.15, 0.2) is 38.5 Å². The van der Waals surface area contributed by atoms with Crippen molar-refractivity contribution in [2.75, 3.05) is 6.54 Å². The topological polar surface area (TPSA) is 148 Å². The maximum absolute atomic E-state index is 10.8. The van der Waals surface area contributed by atoms with Crippen molar-refractivity contribution in [3.63, 3.8) is 0 Å². The Kier molecular flexibility index (Phi) is 5.90. The molecule has 0 aliphatic rings. The fraction of sp³-hybridized carbons (Fsp3) is 0.100. The number of nitro groups is 2. The van der Waals surface area contributed by atoms with Gasteiger partial charge in [0, 0.05) is 6.07 Å². The molecule has 0 fully saturated rings. The molecule has 1 aromatic carbocycles. The van der Waals surface area contributed by atoms with Crippen LogP contribution in [0.4, 0.5) is 17.1 Å². The first-order chi connectivity index (χ1) is 10.2. The van der Waals surface area contributed by atoms with E-state index in [4.69, 9.17) is 28.3 Å². The van der Waals surface area contributed by atoms with E-state index in [0.29, 0.717) is 0 Å². The fourth-order valence-electron chi connectivity index (χ4n) is 1.22. The molecule has 22 heavy (non-hydrogen) atoms. The highest BCUT2D eigenvalue weighted by Crippen LogP contribution is 2.31. The van der Waals surface area contributed by atoms with Crippen LogP contribution in [0.2, 0.25) is 0 Å². The van der Waals surface area contributed by atoms with Crippen LogP contribution in [0.25, 0.3) is 0 Å². The molecule has 1 N–H and O–H groups in total. The number of azo groups is 1. The number of aliphatic carboxylic acids is 1. The van der Waals surface area contributed by atoms with Crippen molar-refractivity contribution in [2.24, 2.45) is 10.2 Å². The zero-order valence-corrected chi connectivity index (χ0v) is 12.0. The molecular weight excluding hydrogens is 343 g/mol. The van der Waals surface area contributed by atoms with Gasteiger partial charge in [-0.05, 0) is 6.07 Å². The summed E-state index contributed by atoms with van der Waals surface area (Å²) in [5.41, 5.74) is -1.34. The van der Waals surface area contributed by atoms with Gasteiger partial charge in [-0.15, -0.1) is 5.11 Å². The summed E-state index contributed by atoms with van der Waals surface area (Å²) >= 11 is 10.9. The molecule has 0 spiro atoms. The number of nitro benzene ring substituents is 2. The number of halogens is 2. The highest BCUT2D eigenvalue weighted by Gasteiger charge is 2.19. The fourth-order valence-corrected chi connectivity index (χ4v) is 1.41. The van der Waals surface area contributed by atoms with Crippen molar-refractivity contribution in [1.82, 2.24) is 0 Å². The molecule has 0 saturated heterocycles. The molecule has 0 aromatic heterocycles. The number of benzene rings is 1. The number of rotatable bonds is 6. The molecule has 1 rings (SSSR count). The highest BCUT2D eigenvalue weighted by molar-refractivity contribution is 6.47. The van der Waals surface area contributed by atoms with Crippen LogP contribution in [-0.4, -0.2) is 27.5 Å². The van der Waals surface area contributed by atoms with E-state index in [0.717, 1.165) is 18.2 Å². The molecule has 0 amide bonds. The molecule has 0 aliphatic heterocycles. The van der Waals surface area contributed by atoms with Crippen LogP contribution < -0.4 is 0 Å². The molecule has 0 radical (unpaired) electrons. The summed E-state index contributed by atoms with van der Waals surface area (Å²) in [6.07, 6.45) is 0. The average molecular weight is 349 g/mol. The van der Waals surface area contributed by atoms with Gasteiger partial charge in [0.25, 0.3) is 5.69 Å². The molecule has 0 saturated carbocycles. The second-order valence-electron chi connectivity index (χ2n) is 3.61. The Hall–Kier alpha value is -2.59. The van der Waals surface area contributed by atoms with Crippen molar-refractivity contribution in [2.45, 2.75) is 0 Å². The maximum atomic E-state index is 10.8. The largest absolute Gasteiger partial charge is 0.477 e. The number of carboxylic acid groups (broad SMARTS) is 1. The molecule has 0 atom stereocenters. The first kappa shape index (κ1) is 17.5. The van der Waals surface area contributed by atoms with Gasteiger partial charge in [-0.1, -0.05) is 23.2 Å². The smallest absolute Gasteiger partial charge is 0.348 e. The highest BCUT2D eigenvalue weighted by atomic mass is 35.5. The number of carboxylic acids is 1. The van der Waals surface area contributed by atoms with E-state index in [2.05, 4.69) is 10.2 Å². The first-order valence-electron chi connectivity index (χ1n) is 5.31. The van der Waals surface area contributed by atoms with Crippen molar-refractivity contribution < 1.29 is 19.7 Å². The average Bonchev–Trinajstić information content (AvgIpc) is 2.45. The molecule has 12 heteroatoms. The lowest BCUT2D eigenvalue weighted by Gasteiger charge is -1.97. The summed E-state index contributed by atoms with van der Waals surface area (Å²) in [5, 5.41) is 36.0. The predicted molar refractivity (Wildman–Crippen MR) is 75.5 cm³/mol. The molecule has 0 bridgehead atoms. The Balaban J connectivity index is 3.06. The van der Waals surface area contributed by atoms with Gasteiger partial charge in [-0.25, -0.2) is 4.79 Å². The number of carbonyl (C=O) groups is 1. The van der Waals surface area contributed by atoms with Gasteiger partial charge >= 0.3 is 11.7 Å². The summed E-state index contributed by atoms with van der Waals surface area (Å²) in [5.74, 6) is -1.46. The summed E-state index contributed by atoms with van der Waals surface area (Å²) in [7, 11) is 0. The molecule has 1 aromatic rings. The predicted octanol–water partition coefficient (Wildman–Crippen LogP) is 3.36. The van der Waals surface area contributed by atoms with Crippen LogP contribution in [-0.2, 0) is 4.79 Å². The zero-order valence-electron chi connectivity index (χ0n) is 10.5. The van der Waals surface area contributed by atoms with Gasteiger partial charge in [0.1, 0.15) is 5.03 Å². The molecule has 10 nitrogen and oxygen atoms in total. The third-order valence-electron chi connectivity index (χ3n) is 2.18. The van der Waals surface area contributed by atoms with Gasteiger partial charge in [0.15, 0.2) is 5.69 Å². The van der Waals surface area contributed by atoms with Gasteiger partial charge in [-0.2, -0.15) is 5.11 Å². The SMILES string of the molecule is O=C(O)C(Cl)=C(Cl)CN=Nc1ccc([N+](=O)[O-])cc1[N+](=O)[O-]. The Labute approximate surface area is 132 Å². The lowest BCUT2D eigenvalue weighted by molar-refractivity contribution is -0.393. The standard InChI is InChI=1S/C10H6Cl2N4O6/c11-6(9(12)10(17)18)4-13-14-7-2-1-5(15(19)20)3-8(7)16(21)22/h1-3H,4H2,(H,17,18). The Morgan fingerprint density at radius 2 is 1.86 bits per heavy atom. The zero-order chi connectivity index (χ0) is 16.9. The number of hydrogen-bond acceptors (Lipinski definition) is 7. The lowest BCUT2D eigenvalue weighted by Crippen LogP contribution is -1.97. The number of nitrogens with zero attached hydrogens (tertiary/aromatic N) is 4. The molecular formula is C10H6Cl2N4O6. The van der Waals surface area contributed by atoms with Gasteiger partial charge in [0.2, 0.25) is 0 Å². The van der Waals surface area contributed by atoms with Crippen molar-refractivity contribution in [3.8, 4) is 0 Å². The van der Waals surface area contributed by atoms with Crippen molar-refractivity contribution in [1.29, 1.82) is 0 Å². The second kappa shape index (κ2) is 7.43. The first-order valence-corrected chi connectivity index (χ1v) is 6.07.